The van der Waals surface area contributed by atoms with E-state index in [-0.39, 0.29) is 45.8 Å². The Morgan fingerprint density at radius 3 is 1.12 bits per heavy atom. The third-order valence-electron chi connectivity index (χ3n) is 6.14. The predicted molar refractivity (Wildman–Crippen MR) is 162 cm³/mol. The minimum atomic E-state index is -0.837. The van der Waals surface area contributed by atoms with Gasteiger partial charge in [-0.1, -0.05) is 118 Å². The third kappa shape index (κ3) is 18.3. The van der Waals surface area contributed by atoms with Gasteiger partial charge in [-0.15, -0.1) is 10.1 Å². The molecule has 40 heavy (non-hydrogen) atoms. The fourth-order valence-corrected chi connectivity index (χ4v) is 3.55. The Morgan fingerprint density at radius 1 is 0.700 bits per heavy atom. The lowest BCUT2D eigenvalue weighted by Crippen LogP contribution is -2.33. The molecule has 8 nitrogen and oxygen atoms in total. The van der Waals surface area contributed by atoms with Gasteiger partial charge in [0.2, 0.25) is 0 Å². The Morgan fingerprint density at radius 2 is 1.02 bits per heavy atom. The predicted octanol–water partition coefficient (Wildman–Crippen LogP) is 8.12. The van der Waals surface area contributed by atoms with Crippen molar-refractivity contribution < 1.29 is 29.1 Å². The van der Waals surface area contributed by atoms with Gasteiger partial charge in [-0.25, -0.2) is 0 Å². The summed E-state index contributed by atoms with van der Waals surface area (Å²) in [7, 11) is 0. The number of nitrogens with zero attached hydrogens (tertiary/aromatic N) is 1. The van der Waals surface area contributed by atoms with Crippen molar-refractivity contribution in [2.24, 2.45) is 38.4 Å². The second-order valence-corrected chi connectivity index (χ2v) is 16.3. The molecule has 0 atom stereocenters. The molecule has 0 N–H and O–H groups in total. The molecule has 0 spiro atoms. The van der Waals surface area contributed by atoms with Crippen LogP contribution in [0.2, 0.25) is 0 Å². The number of ketones is 4. The fourth-order valence-electron chi connectivity index (χ4n) is 3.55. The standard InChI is InChI=1S/C9H15NO4.C9H18O.C8H16O.C6H12O/c1-8(2,3)7(11)9(4-5-9)6-14-10(12)13;1-8(2,3)7(10)9(4,5)6;1-6(2)7(9)8(3,4)5;1-5(7)6(2,3)4/h4-6H2,1-3H3;1-6H3;6H,1-5H3;1-4H3. The number of rotatable bonds is 5. The zero-order valence-corrected chi connectivity index (χ0v) is 29.0. The molecule has 0 saturated heterocycles. The van der Waals surface area contributed by atoms with E-state index < -0.39 is 15.9 Å². The Bertz CT molecular complexity index is 845. The van der Waals surface area contributed by atoms with Gasteiger partial charge in [0.25, 0.3) is 5.09 Å². The van der Waals surface area contributed by atoms with Gasteiger partial charge < -0.3 is 4.84 Å². The average molecular weight is 572 g/mol. The highest BCUT2D eigenvalue weighted by molar-refractivity contribution is 5.91. The maximum absolute atomic E-state index is 11.9. The fraction of sp³-hybridized carbons (Fsp3) is 0.875. The number of hydrogen-bond donors (Lipinski definition) is 0. The van der Waals surface area contributed by atoms with E-state index in [2.05, 4.69) is 4.84 Å². The minimum absolute atomic E-state index is 0.0619. The zero-order chi connectivity index (χ0) is 33.3. The summed E-state index contributed by atoms with van der Waals surface area (Å²) in [6, 6.07) is 0. The van der Waals surface area contributed by atoms with Gasteiger partial charge in [-0.3, -0.25) is 19.2 Å². The van der Waals surface area contributed by atoms with Crippen molar-refractivity contribution in [2.75, 3.05) is 6.61 Å². The van der Waals surface area contributed by atoms with E-state index in [1.165, 1.54) is 0 Å². The van der Waals surface area contributed by atoms with Crippen LogP contribution in [0.15, 0.2) is 0 Å². The molecule has 0 aliphatic heterocycles. The van der Waals surface area contributed by atoms with Crippen LogP contribution in [0.25, 0.3) is 0 Å². The monoisotopic (exact) mass is 571 g/mol. The van der Waals surface area contributed by atoms with E-state index in [1.54, 1.807) is 6.92 Å². The largest absolute Gasteiger partial charge is 0.313 e. The molecule has 1 aliphatic carbocycles. The van der Waals surface area contributed by atoms with Crippen molar-refractivity contribution in [3.63, 3.8) is 0 Å². The molecule has 0 aromatic rings. The Labute approximate surface area is 244 Å². The Kier molecular flexibility index (Phi) is 16.1. The van der Waals surface area contributed by atoms with Gasteiger partial charge in [0.1, 0.15) is 29.7 Å². The van der Waals surface area contributed by atoms with Gasteiger partial charge >= 0.3 is 0 Å². The number of hydrogen-bond acceptors (Lipinski definition) is 7. The van der Waals surface area contributed by atoms with Crippen LogP contribution < -0.4 is 0 Å². The summed E-state index contributed by atoms with van der Waals surface area (Å²) in [5, 5.41) is 9.18. The molecular weight excluding hydrogens is 510 g/mol. The lowest BCUT2D eigenvalue weighted by Gasteiger charge is -2.26. The van der Waals surface area contributed by atoms with Crippen LogP contribution in [0.1, 0.15) is 137 Å². The van der Waals surface area contributed by atoms with Gasteiger partial charge in [0.15, 0.2) is 0 Å². The molecule has 0 amide bonds. The number of Topliss-reactive ketones (excluding diaryl/α,β-unsaturated/α-hetero) is 4. The van der Waals surface area contributed by atoms with Crippen LogP contribution in [0.3, 0.4) is 0 Å². The first-order valence-electron chi connectivity index (χ1n) is 14.2. The molecule has 0 heterocycles. The van der Waals surface area contributed by atoms with Crippen LogP contribution in [-0.4, -0.2) is 34.8 Å². The number of carbonyl (C=O) groups excluding carboxylic acids is 4. The molecule has 0 bridgehead atoms. The maximum atomic E-state index is 11.9. The first kappa shape index (κ1) is 42.3. The van der Waals surface area contributed by atoms with Crippen LogP contribution in [0.4, 0.5) is 0 Å². The van der Waals surface area contributed by atoms with Crippen molar-refractivity contribution >= 4 is 23.1 Å². The summed E-state index contributed by atoms with van der Waals surface area (Å²) in [6.45, 7) is 34.2. The van der Waals surface area contributed by atoms with Crippen LogP contribution in [0.5, 0.6) is 0 Å². The molecule has 1 fully saturated rings. The molecule has 0 unspecified atom stereocenters. The molecule has 1 rings (SSSR count). The molecule has 0 aromatic heterocycles. The molecule has 1 saturated carbocycles. The van der Waals surface area contributed by atoms with Crippen LogP contribution >= 0.6 is 0 Å². The molecule has 0 aromatic carbocycles. The summed E-state index contributed by atoms with van der Waals surface area (Å²) in [5.41, 5.74) is -1.72. The van der Waals surface area contributed by atoms with E-state index >= 15 is 0 Å². The van der Waals surface area contributed by atoms with Crippen molar-refractivity contribution in [1.29, 1.82) is 0 Å². The zero-order valence-electron chi connectivity index (χ0n) is 29.0. The lowest BCUT2D eigenvalue weighted by atomic mass is 9.76. The van der Waals surface area contributed by atoms with E-state index in [0.717, 1.165) is 0 Å². The van der Waals surface area contributed by atoms with Crippen molar-refractivity contribution in [1.82, 2.24) is 0 Å². The first-order chi connectivity index (χ1) is 17.2. The lowest BCUT2D eigenvalue weighted by molar-refractivity contribution is -0.759. The van der Waals surface area contributed by atoms with E-state index in [4.69, 9.17) is 0 Å². The summed E-state index contributed by atoms with van der Waals surface area (Å²) in [4.78, 5) is 59.3. The van der Waals surface area contributed by atoms with Gasteiger partial charge in [-0.2, -0.15) is 0 Å². The first-order valence-corrected chi connectivity index (χ1v) is 14.2. The smallest absolute Gasteiger partial charge is 0.294 e. The Balaban J connectivity index is -0.000000473. The van der Waals surface area contributed by atoms with Gasteiger partial charge in [0.05, 0.1) is 5.41 Å². The second-order valence-electron chi connectivity index (χ2n) is 16.3. The third-order valence-corrected chi connectivity index (χ3v) is 6.14. The quantitative estimate of drug-likeness (QED) is 0.241. The van der Waals surface area contributed by atoms with E-state index in [9.17, 15) is 29.3 Å². The molecule has 8 heteroatoms. The molecular formula is C32H61NO7. The highest BCUT2D eigenvalue weighted by atomic mass is 16.9. The summed E-state index contributed by atoms with van der Waals surface area (Å²) in [6.07, 6.45) is 1.41. The normalized spacial score (nSPS) is 14.7. The van der Waals surface area contributed by atoms with Crippen LogP contribution in [-0.2, 0) is 24.0 Å². The molecule has 236 valence electrons. The summed E-state index contributed by atoms with van der Waals surface area (Å²) >= 11 is 0. The van der Waals surface area contributed by atoms with Crippen molar-refractivity contribution in [3.8, 4) is 0 Å². The topological polar surface area (TPSA) is 121 Å². The van der Waals surface area contributed by atoms with Crippen LogP contribution in [0, 0.1) is 48.5 Å². The highest BCUT2D eigenvalue weighted by Gasteiger charge is 2.53. The maximum Gasteiger partial charge on any atom is 0.294 e. The highest BCUT2D eigenvalue weighted by Crippen LogP contribution is 2.50. The van der Waals surface area contributed by atoms with Crippen molar-refractivity contribution in [2.45, 2.75) is 137 Å². The Hall–Kier alpha value is -2.12. The second kappa shape index (κ2) is 15.2. The average Bonchev–Trinajstić information content (AvgIpc) is 3.49. The van der Waals surface area contributed by atoms with E-state index in [0.29, 0.717) is 24.4 Å². The SMILES string of the molecule is CC(=O)C(C)(C)C.CC(C)(C)C(=O)C(C)(C)C.CC(C)(C)C(=O)C1(CO[N+](=O)[O-])CC1.CC(C)C(=O)C(C)(C)C. The summed E-state index contributed by atoms with van der Waals surface area (Å²) < 4.78 is 0. The van der Waals surface area contributed by atoms with E-state index in [1.807, 2.05) is 118 Å². The molecule has 1 aliphatic rings. The number of carbonyl (C=O) groups is 4. The van der Waals surface area contributed by atoms with Gasteiger partial charge in [-0.05, 0) is 19.8 Å². The minimum Gasteiger partial charge on any atom is -0.313 e. The molecule has 0 radical (unpaired) electrons. The van der Waals surface area contributed by atoms with Gasteiger partial charge in [0, 0.05) is 33.0 Å². The van der Waals surface area contributed by atoms with Crippen molar-refractivity contribution in [3.05, 3.63) is 10.1 Å². The summed E-state index contributed by atoms with van der Waals surface area (Å²) in [5.74, 6) is 1.13.